The van der Waals surface area contributed by atoms with E-state index in [-0.39, 0.29) is 31.0 Å². The second-order valence-electron chi connectivity index (χ2n) is 4.46. The van der Waals surface area contributed by atoms with Gasteiger partial charge in [-0.2, -0.15) is 13.2 Å². The second kappa shape index (κ2) is 11.0. The summed E-state index contributed by atoms with van der Waals surface area (Å²) in [5.74, 6) is -0.321. The Labute approximate surface area is 125 Å². The quantitative estimate of drug-likeness (QED) is 0.337. The summed E-state index contributed by atoms with van der Waals surface area (Å²) in [6, 6.07) is 0. The zero-order chi connectivity index (χ0) is 14.1. The maximum Gasteiger partial charge on any atom is 1.00 e. The fourth-order valence-electron chi connectivity index (χ4n) is 1.66. The molecule has 0 saturated carbocycles. The average Bonchev–Trinajstić information content (AvgIpc) is 2.17. The van der Waals surface area contributed by atoms with Crippen LogP contribution in [0.5, 0.6) is 0 Å². The van der Waals surface area contributed by atoms with Gasteiger partial charge in [0, 0.05) is 12.2 Å². The Morgan fingerprint density at radius 3 is 1.53 bits per heavy atom. The summed E-state index contributed by atoms with van der Waals surface area (Å²) in [4.78, 5) is 0. The molecule has 0 aliphatic rings. The van der Waals surface area contributed by atoms with E-state index in [0.29, 0.717) is 19.3 Å². The smallest absolute Gasteiger partial charge is 0.748 e. The Kier molecular flexibility index (Phi) is 12.5. The van der Waals surface area contributed by atoms with Crippen molar-refractivity contribution in [3.05, 3.63) is 0 Å². The van der Waals surface area contributed by atoms with Crippen LogP contribution in [-0.2, 0) is 10.1 Å². The molecule has 19 heavy (non-hydrogen) atoms. The van der Waals surface area contributed by atoms with Crippen molar-refractivity contribution in [2.45, 2.75) is 64.0 Å². The van der Waals surface area contributed by atoms with Gasteiger partial charge in [0.25, 0.3) is 0 Å². The summed E-state index contributed by atoms with van der Waals surface area (Å²) in [5, 5.41) is 0. The van der Waals surface area contributed by atoms with Gasteiger partial charge >= 0.3 is 25.0 Å². The molecule has 0 radical (unpaired) electrons. The van der Waals surface area contributed by atoms with Gasteiger partial charge < -0.3 is 4.55 Å². The van der Waals surface area contributed by atoms with Crippen molar-refractivity contribution in [2.24, 2.45) is 0 Å². The molecule has 0 aliphatic heterocycles. The van der Waals surface area contributed by atoms with Gasteiger partial charge in [-0.15, -0.1) is 0 Å². The molecule has 0 spiro atoms. The van der Waals surface area contributed by atoms with Crippen LogP contribution < -0.4 is 18.9 Å². The van der Waals surface area contributed by atoms with Crippen molar-refractivity contribution in [2.75, 3.05) is 5.75 Å². The summed E-state index contributed by atoms with van der Waals surface area (Å²) in [5.41, 5.74) is 0. The normalized spacial score (nSPS) is 12.2. The molecule has 0 aliphatic carbocycles. The van der Waals surface area contributed by atoms with Crippen LogP contribution >= 0.6 is 0 Å². The molecule has 0 aromatic rings. The molecule has 0 rings (SSSR count). The van der Waals surface area contributed by atoms with Crippen molar-refractivity contribution in [1.82, 2.24) is 0 Å². The Morgan fingerprint density at radius 2 is 1.16 bits per heavy atom. The third-order valence-corrected chi connectivity index (χ3v) is 3.39. The Balaban J connectivity index is 0. The zero-order valence-corrected chi connectivity index (χ0v) is 12.2. The van der Waals surface area contributed by atoms with Gasteiger partial charge in [0.2, 0.25) is 0 Å². The van der Waals surface area contributed by atoms with E-state index in [4.69, 9.17) is 0 Å². The maximum atomic E-state index is 11.8. The van der Waals surface area contributed by atoms with E-state index >= 15 is 0 Å². The molecular formula is C11H20F3LiO3S. The first kappa shape index (κ1) is 21.6. The van der Waals surface area contributed by atoms with Crippen LogP contribution in [0, 0.1) is 0 Å². The molecule has 0 unspecified atom stereocenters. The second-order valence-corrected chi connectivity index (χ2v) is 5.98. The molecule has 8 heteroatoms. The summed E-state index contributed by atoms with van der Waals surface area (Å²) in [7, 11) is -4.10. The van der Waals surface area contributed by atoms with Crippen molar-refractivity contribution in [1.29, 1.82) is 0 Å². The first-order chi connectivity index (χ1) is 8.21. The van der Waals surface area contributed by atoms with Crippen molar-refractivity contribution in [3.8, 4) is 0 Å². The van der Waals surface area contributed by atoms with Crippen LogP contribution in [-0.4, -0.2) is 24.9 Å². The van der Waals surface area contributed by atoms with Crippen LogP contribution in [0.1, 0.15) is 57.8 Å². The van der Waals surface area contributed by atoms with Gasteiger partial charge in [0.1, 0.15) is 0 Å². The molecular weight excluding hydrogens is 276 g/mol. The van der Waals surface area contributed by atoms with E-state index in [1.54, 1.807) is 0 Å². The molecule has 110 valence electrons. The van der Waals surface area contributed by atoms with Gasteiger partial charge in [-0.25, -0.2) is 8.42 Å². The predicted octanol–water partition coefficient (Wildman–Crippen LogP) is 0.609. The number of hydrogen-bond donors (Lipinski definition) is 0. The van der Waals surface area contributed by atoms with E-state index in [1.165, 1.54) is 0 Å². The SMILES string of the molecule is O=S(=O)([O-])CCCCCCCCCCC(F)(F)F.[Li+]. The average molecular weight is 296 g/mol. The molecule has 0 N–H and O–H groups in total. The predicted molar refractivity (Wildman–Crippen MR) is 62.2 cm³/mol. The van der Waals surface area contributed by atoms with Gasteiger partial charge in [0.05, 0.1) is 10.1 Å². The van der Waals surface area contributed by atoms with Crippen LogP contribution in [0.15, 0.2) is 0 Å². The fraction of sp³-hybridized carbons (Fsp3) is 1.00. The van der Waals surface area contributed by atoms with Crippen LogP contribution in [0.25, 0.3) is 0 Å². The first-order valence-electron chi connectivity index (χ1n) is 6.21. The maximum absolute atomic E-state index is 11.8. The Bertz CT molecular complexity index is 305. The molecule has 0 bridgehead atoms. The summed E-state index contributed by atoms with van der Waals surface area (Å²) in [6.07, 6.45) is 0.395. The van der Waals surface area contributed by atoms with Crippen molar-refractivity contribution < 1.29 is 45.0 Å². The number of hydrogen-bond acceptors (Lipinski definition) is 3. The van der Waals surface area contributed by atoms with Gasteiger partial charge in [-0.1, -0.05) is 38.5 Å². The van der Waals surface area contributed by atoms with Crippen molar-refractivity contribution in [3.63, 3.8) is 0 Å². The number of rotatable bonds is 10. The molecule has 3 nitrogen and oxygen atoms in total. The summed E-state index contributed by atoms with van der Waals surface area (Å²) in [6.45, 7) is 0. The topological polar surface area (TPSA) is 57.2 Å². The third-order valence-electron chi connectivity index (χ3n) is 2.60. The van der Waals surface area contributed by atoms with Crippen LogP contribution in [0.2, 0.25) is 0 Å². The Hall–Kier alpha value is 0.297. The minimum atomic E-state index is -4.10. The van der Waals surface area contributed by atoms with Gasteiger partial charge in [-0.05, 0) is 12.8 Å². The van der Waals surface area contributed by atoms with E-state index in [1.807, 2.05) is 0 Å². The van der Waals surface area contributed by atoms with E-state index in [9.17, 15) is 26.1 Å². The number of alkyl halides is 3. The van der Waals surface area contributed by atoms with E-state index in [0.717, 1.165) is 25.7 Å². The minimum Gasteiger partial charge on any atom is -0.748 e. The monoisotopic (exact) mass is 296 g/mol. The standard InChI is InChI=1S/C11H21F3O3S.Li/c12-11(13,14)9-7-5-3-1-2-4-6-8-10-18(15,16)17;/h1-10H2,(H,15,16,17);/q;+1/p-1. The fourth-order valence-corrected chi connectivity index (χ4v) is 2.22. The number of unbranched alkanes of at least 4 members (excludes halogenated alkanes) is 7. The molecule has 0 saturated heterocycles. The van der Waals surface area contributed by atoms with Crippen LogP contribution in [0.4, 0.5) is 13.2 Å². The first-order valence-corrected chi connectivity index (χ1v) is 7.79. The number of halogens is 3. The zero-order valence-electron chi connectivity index (χ0n) is 11.3. The van der Waals surface area contributed by atoms with Gasteiger partial charge in [0.15, 0.2) is 0 Å². The summed E-state index contributed by atoms with van der Waals surface area (Å²) >= 11 is 0. The molecule has 0 heterocycles. The van der Waals surface area contributed by atoms with Gasteiger partial charge in [-0.3, -0.25) is 0 Å². The summed E-state index contributed by atoms with van der Waals surface area (Å²) < 4.78 is 66.2. The third kappa shape index (κ3) is 20.8. The van der Waals surface area contributed by atoms with E-state index < -0.39 is 22.7 Å². The van der Waals surface area contributed by atoms with Crippen molar-refractivity contribution >= 4 is 10.1 Å². The van der Waals surface area contributed by atoms with Crippen LogP contribution in [0.3, 0.4) is 0 Å². The molecule has 0 fully saturated rings. The Morgan fingerprint density at radius 1 is 0.789 bits per heavy atom. The van der Waals surface area contributed by atoms with E-state index in [2.05, 4.69) is 0 Å². The molecule has 0 aromatic carbocycles. The molecule has 0 amide bonds. The molecule has 0 atom stereocenters. The minimum absolute atomic E-state index is 0. The molecule has 0 aromatic heterocycles. The largest absolute Gasteiger partial charge is 1.00 e.